The van der Waals surface area contributed by atoms with Crippen LogP contribution in [0.2, 0.25) is 0 Å². The molecule has 4 nitrogen and oxygen atoms in total. The second-order valence-electron chi connectivity index (χ2n) is 3.55. The minimum absolute atomic E-state index is 0.0505. The maximum Gasteiger partial charge on any atom is 0.348 e. The number of carbonyl (C=O) groups excluding carboxylic acids is 1. The Labute approximate surface area is 120 Å². The minimum atomic E-state index is -1.11. The molecule has 0 atom stereocenters. The number of rotatable bonds is 3. The van der Waals surface area contributed by atoms with Crippen molar-refractivity contribution >= 4 is 44.8 Å². The third-order valence-electron chi connectivity index (χ3n) is 2.29. The van der Waals surface area contributed by atoms with Gasteiger partial charge in [0.25, 0.3) is 5.91 Å². The highest BCUT2D eigenvalue weighted by atomic mass is 79.9. The van der Waals surface area contributed by atoms with Crippen LogP contribution in [0.3, 0.4) is 0 Å². The van der Waals surface area contributed by atoms with E-state index < -0.39 is 17.7 Å². The molecule has 19 heavy (non-hydrogen) atoms. The number of nitrogens with one attached hydrogen (secondary N) is 1. The quantitative estimate of drug-likeness (QED) is 0.894. The number of hydrogen-bond acceptors (Lipinski definition) is 3. The summed E-state index contributed by atoms with van der Waals surface area (Å²) in [5.41, 5.74) is 0.457. The molecule has 0 bridgehead atoms. The molecule has 1 aromatic heterocycles. The first-order valence-electron chi connectivity index (χ1n) is 5.06. The molecule has 7 heteroatoms. The monoisotopic (exact) mass is 343 g/mol. The first kappa shape index (κ1) is 13.7. The Bertz CT molecular complexity index is 656. The molecular weight excluding hydrogens is 337 g/mol. The Hall–Kier alpha value is -1.73. The zero-order valence-corrected chi connectivity index (χ0v) is 11.7. The Kier molecular flexibility index (Phi) is 3.96. The molecule has 2 aromatic rings. The summed E-state index contributed by atoms with van der Waals surface area (Å²) in [6.45, 7) is 0. The number of halogens is 2. The number of hydrogen-bond donors (Lipinski definition) is 2. The van der Waals surface area contributed by atoms with E-state index in [1.54, 1.807) is 5.38 Å². The van der Waals surface area contributed by atoms with Crippen LogP contribution in [0, 0.1) is 5.82 Å². The van der Waals surface area contributed by atoms with Gasteiger partial charge in [0.15, 0.2) is 0 Å². The number of amides is 1. The molecular formula is C12H7BrFNO3S. The average molecular weight is 344 g/mol. The number of carboxylic acids is 1. The molecule has 1 heterocycles. The van der Waals surface area contributed by atoms with Crippen LogP contribution in [0.25, 0.3) is 0 Å². The van der Waals surface area contributed by atoms with Crippen LogP contribution in [-0.4, -0.2) is 17.0 Å². The highest BCUT2D eigenvalue weighted by Gasteiger charge is 2.15. The zero-order valence-electron chi connectivity index (χ0n) is 9.31. The fourth-order valence-corrected chi connectivity index (χ4v) is 2.47. The second kappa shape index (κ2) is 5.50. The maximum atomic E-state index is 13.1. The summed E-state index contributed by atoms with van der Waals surface area (Å²) in [5.74, 6) is -2.08. The summed E-state index contributed by atoms with van der Waals surface area (Å²) in [6, 6.07) is 5.31. The summed E-state index contributed by atoms with van der Waals surface area (Å²) in [5, 5.41) is 13.0. The topological polar surface area (TPSA) is 66.4 Å². The number of thiophene rings is 1. The van der Waals surface area contributed by atoms with E-state index in [2.05, 4.69) is 21.2 Å². The van der Waals surface area contributed by atoms with Crippen molar-refractivity contribution in [3.63, 3.8) is 0 Å². The standard InChI is InChI=1S/C12H7BrFNO3S/c13-7-5-6(1-2-8(7)14)11(16)15-9-3-4-19-10(9)12(17)18/h1-5H,(H,15,16)(H,17,18). The van der Waals surface area contributed by atoms with Crippen molar-refractivity contribution in [2.24, 2.45) is 0 Å². The van der Waals surface area contributed by atoms with Crippen molar-refractivity contribution in [1.82, 2.24) is 0 Å². The molecule has 1 amide bonds. The van der Waals surface area contributed by atoms with Crippen molar-refractivity contribution in [2.75, 3.05) is 5.32 Å². The van der Waals surface area contributed by atoms with Gasteiger partial charge in [0.1, 0.15) is 10.7 Å². The zero-order chi connectivity index (χ0) is 14.0. The lowest BCUT2D eigenvalue weighted by molar-refractivity contribution is 0.0703. The first-order chi connectivity index (χ1) is 8.99. The van der Waals surface area contributed by atoms with Gasteiger partial charge in [0.2, 0.25) is 0 Å². The van der Waals surface area contributed by atoms with Gasteiger partial charge < -0.3 is 10.4 Å². The molecule has 0 aliphatic carbocycles. The van der Waals surface area contributed by atoms with E-state index in [4.69, 9.17) is 5.11 Å². The molecule has 1 aromatic carbocycles. The van der Waals surface area contributed by atoms with Gasteiger partial charge in [-0.25, -0.2) is 9.18 Å². The number of carbonyl (C=O) groups is 2. The first-order valence-corrected chi connectivity index (χ1v) is 6.73. The molecule has 0 saturated heterocycles. The van der Waals surface area contributed by atoms with Crippen LogP contribution in [0.1, 0.15) is 20.0 Å². The third kappa shape index (κ3) is 2.99. The molecule has 98 valence electrons. The van der Waals surface area contributed by atoms with Crippen molar-refractivity contribution in [1.29, 1.82) is 0 Å². The van der Waals surface area contributed by atoms with Gasteiger partial charge in [-0.15, -0.1) is 11.3 Å². The van der Waals surface area contributed by atoms with Gasteiger partial charge in [0, 0.05) is 5.56 Å². The van der Waals surface area contributed by atoms with Crippen LogP contribution in [0.4, 0.5) is 10.1 Å². The van der Waals surface area contributed by atoms with E-state index in [0.717, 1.165) is 17.4 Å². The lowest BCUT2D eigenvalue weighted by Crippen LogP contribution is -2.13. The van der Waals surface area contributed by atoms with E-state index in [1.165, 1.54) is 18.2 Å². The number of aromatic carboxylic acids is 1. The van der Waals surface area contributed by atoms with E-state index in [9.17, 15) is 14.0 Å². The molecule has 0 saturated carbocycles. The fraction of sp³-hybridized carbons (Fsp3) is 0. The molecule has 0 aliphatic heterocycles. The van der Waals surface area contributed by atoms with Crippen LogP contribution >= 0.6 is 27.3 Å². The summed E-state index contributed by atoms with van der Waals surface area (Å²) in [4.78, 5) is 22.9. The smallest absolute Gasteiger partial charge is 0.348 e. The van der Waals surface area contributed by atoms with Crippen molar-refractivity contribution in [2.45, 2.75) is 0 Å². The van der Waals surface area contributed by atoms with Crippen LogP contribution < -0.4 is 5.32 Å². The maximum absolute atomic E-state index is 13.1. The molecule has 0 fully saturated rings. The van der Waals surface area contributed by atoms with Crippen molar-refractivity contribution < 1.29 is 19.1 Å². The van der Waals surface area contributed by atoms with Crippen LogP contribution in [-0.2, 0) is 0 Å². The largest absolute Gasteiger partial charge is 0.477 e. The average Bonchev–Trinajstić information content (AvgIpc) is 2.80. The van der Waals surface area contributed by atoms with Gasteiger partial charge in [-0.3, -0.25) is 4.79 Å². The Morgan fingerprint density at radius 3 is 2.68 bits per heavy atom. The molecule has 0 radical (unpaired) electrons. The molecule has 2 N–H and O–H groups in total. The third-order valence-corrected chi connectivity index (χ3v) is 3.80. The second-order valence-corrected chi connectivity index (χ2v) is 5.32. The van der Waals surface area contributed by atoms with Crippen LogP contribution in [0.15, 0.2) is 34.1 Å². The summed E-state index contributed by atoms with van der Waals surface area (Å²) < 4.78 is 13.2. The molecule has 0 unspecified atom stereocenters. The van der Waals surface area contributed by atoms with Gasteiger partial charge in [0.05, 0.1) is 10.2 Å². The summed E-state index contributed by atoms with van der Waals surface area (Å²) in [7, 11) is 0. The lowest BCUT2D eigenvalue weighted by atomic mass is 10.2. The van der Waals surface area contributed by atoms with Crippen molar-refractivity contribution in [3.05, 3.63) is 50.4 Å². The normalized spacial score (nSPS) is 10.2. The Morgan fingerprint density at radius 1 is 1.32 bits per heavy atom. The molecule has 0 aliphatic rings. The van der Waals surface area contributed by atoms with E-state index in [-0.39, 0.29) is 20.6 Å². The Morgan fingerprint density at radius 2 is 2.05 bits per heavy atom. The van der Waals surface area contributed by atoms with Gasteiger partial charge >= 0.3 is 5.97 Å². The van der Waals surface area contributed by atoms with Gasteiger partial charge in [-0.05, 0) is 45.6 Å². The Balaban J connectivity index is 2.23. The van der Waals surface area contributed by atoms with Crippen LogP contribution in [0.5, 0.6) is 0 Å². The number of benzene rings is 1. The summed E-state index contributed by atoms with van der Waals surface area (Å²) in [6.07, 6.45) is 0. The van der Waals surface area contributed by atoms with E-state index in [0.29, 0.717) is 0 Å². The highest BCUT2D eigenvalue weighted by Crippen LogP contribution is 2.23. The minimum Gasteiger partial charge on any atom is -0.477 e. The summed E-state index contributed by atoms with van der Waals surface area (Å²) >= 11 is 4.00. The highest BCUT2D eigenvalue weighted by molar-refractivity contribution is 9.10. The fourth-order valence-electron chi connectivity index (χ4n) is 1.41. The lowest BCUT2D eigenvalue weighted by Gasteiger charge is -2.05. The van der Waals surface area contributed by atoms with E-state index >= 15 is 0 Å². The van der Waals surface area contributed by atoms with Gasteiger partial charge in [-0.1, -0.05) is 0 Å². The molecule has 0 spiro atoms. The predicted molar refractivity (Wildman–Crippen MR) is 73.3 cm³/mol. The van der Waals surface area contributed by atoms with Gasteiger partial charge in [-0.2, -0.15) is 0 Å². The van der Waals surface area contributed by atoms with E-state index in [1.807, 2.05) is 0 Å². The van der Waals surface area contributed by atoms with Crippen molar-refractivity contribution in [3.8, 4) is 0 Å². The predicted octanol–water partition coefficient (Wildman–Crippen LogP) is 3.60. The molecule has 2 rings (SSSR count). The number of carboxylic acid groups (broad SMARTS) is 1. The SMILES string of the molecule is O=C(Nc1ccsc1C(=O)O)c1ccc(F)c(Br)c1. The number of anilines is 1.